The average molecular weight is 352 g/mol. The highest BCUT2D eigenvalue weighted by atomic mass is 32.2. The van der Waals surface area contributed by atoms with Gasteiger partial charge in [0.25, 0.3) is 0 Å². The first kappa shape index (κ1) is 17.9. The molecule has 2 heterocycles. The first-order valence-corrected chi connectivity index (χ1v) is 8.99. The van der Waals surface area contributed by atoms with Gasteiger partial charge in [-0.25, -0.2) is 23.1 Å². The second-order valence-corrected chi connectivity index (χ2v) is 7.83. The minimum absolute atomic E-state index is 0.0386. The SMILES string of the molecule is CC(C)C1CN(c2nccc(C(F)(F)F)n2)CC1NS(C)(=O)=O. The summed E-state index contributed by atoms with van der Waals surface area (Å²) in [4.78, 5) is 9.05. The van der Waals surface area contributed by atoms with Gasteiger partial charge in [-0.2, -0.15) is 13.2 Å². The third-order valence-electron chi connectivity index (χ3n) is 3.80. The number of alkyl halides is 3. The zero-order valence-corrected chi connectivity index (χ0v) is 13.8. The second-order valence-electron chi connectivity index (χ2n) is 6.05. The minimum atomic E-state index is -4.54. The molecule has 130 valence electrons. The summed E-state index contributed by atoms with van der Waals surface area (Å²) < 4.78 is 63.8. The first-order chi connectivity index (χ1) is 10.5. The Morgan fingerprint density at radius 2 is 2.00 bits per heavy atom. The van der Waals surface area contributed by atoms with Crippen LogP contribution in [0.4, 0.5) is 19.1 Å². The van der Waals surface area contributed by atoms with Crippen molar-refractivity contribution in [3.05, 3.63) is 18.0 Å². The topological polar surface area (TPSA) is 75.2 Å². The van der Waals surface area contributed by atoms with E-state index in [-0.39, 0.29) is 30.4 Å². The lowest BCUT2D eigenvalue weighted by Gasteiger charge is -2.21. The van der Waals surface area contributed by atoms with Crippen LogP contribution in [0, 0.1) is 11.8 Å². The van der Waals surface area contributed by atoms with E-state index in [4.69, 9.17) is 0 Å². The maximum atomic E-state index is 12.8. The molecule has 0 aliphatic carbocycles. The molecule has 2 unspecified atom stereocenters. The summed E-state index contributed by atoms with van der Waals surface area (Å²) in [5.74, 6) is 0.0798. The third kappa shape index (κ3) is 4.54. The number of sulfonamides is 1. The van der Waals surface area contributed by atoms with Crippen LogP contribution in [0.15, 0.2) is 12.3 Å². The molecular formula is C13H19F3N4O2S. The minimum Gasteiger partial charge on any atom is -0.339 e. The van der Waals surface area contributed by atoms with E-state index in [9.17, 15) is 21.6 Å². The lowest BCUT2D eigenvalue weighted by atomic mass is 9.92. The molecule has 0 bridgehead atoms. The van der Waals surface area contributed by atoms with Crippen molar-refractivity contribution in [2.75, 3.05) is 24.2 Å². The molecule has 2 atom stereocenters. The molecular weight excluding hydrogens is 333 g/mol. The van der Waals surface area contributed by atoms with Crippen molar-refractivity contribution in [1.29, 1.82) is 0 Å². The molecule has 0 amide bonds. The summed E-state index contributed by atoms with van der Waals surface area (Å²) in [6.45, 7) is 4.51. The van der Waals surface area contributed by atoms with Gasteiger partial charge >= 0.3 is 6.18 Å². The number of aromatic nitrogens is 2. The molecule has 23 heavy (non-hydrogen) atoms. The average Bonchev–Trinajstić information content (AvgIpc) is 2.79. The first-order valence-electron chi connectivity index (χ1n) is 7.10. The predicted octanol–water partition coefficient (Wildman–Crippen LogP) is 1.51. The van der Waals surface area contributed by atoms with Crippen LogP contribution in [-0.4, -0.2) is 43.8 Å². The highest BCUT2D eigenvalue weighted by molar-refractivity contribution is 7.88. The molecule has 0 radical (unpaired) electrons. The van der Waals surface area contributed by atoms with Gasteiger partial charge < -0.3 is 4.90 Å². The van der Waals surface area contributed by atoms with Gasteiger partial charge in [-0.3, -0.25) is 0 Å². The Bertz CT molecular complexity index is 663. The zero-order chi connectivity index (χ0) is 17.4. The largest absolute Gasteiger partial charge is 0.433 e. The van der Waals surface area contributed by atoms with Crippen molar-refractivity contribution in [2.24, 2.45) is 11.8 Å². The van der Waals surface area contributed by atoms with Crippen LogP contribution in [0.2, 0.25) is 0 Å². The van der Waals surface area contributed by atoms with E-state index in [1.54, 1.807) is 4.90 Å². The third-order valence-corrected chi connectivity index (χ3v) is 4.53. The van der Waals surface area contributed by atoms with Gasteiger partial charge in [0.05, 0.1) is 6.26 Å². The van der Waals surface area contributed by atoms with E-state index >= 15 is 0 Å². The number of nitrogens with one attached hydrogen (secondary N) is 1. The highest BCUT2D eigenvalue weighted by Gasteiger charge is 2.38. The van der Waals surface area contributed by atoms with Crippen molar-refractivity contribution in [2.45, 2.75) is 26.1 Å². The van der Waals surface area contributed by atoms with Gasteiger partial charge in [0, 0.05) is 25.3 Å². The van der Waals surface area contributed by atoms with E-state index in [0.717, 1.165) is 18.5 Å². The molecule has 1 N–H and O–H groups in total. The normalized spacial score (nSPS) is 22.8. The summed E-state index contributed by atoms with van der Waals surface area (Å²) >= 11 is 0. The Morgan fingerprint density at radius 1 is 1.35 bits per heavy atom. The Hall–Kier alpha value is -1.42. The van der Waals surface area contributed by atoms with Crippen molar-refractivity contribution in [3.63, 3.8) is 0 Å². The molecule has 1 aromatic rings. The van der Waals surface area contributed by atoms with Crippen molar-refractivity contribution < 1.29 is 21.6 Å². The molecule has 10 heteroatoms. The summed E-state index contributed by atoms with van der Waals surface area (Å²) in [7, 11) is -3.41. The molecule has 2 rings (SSSR count). The fraction of sp³-hybridized carbons (Fsp3) is 0.692. The number of nitrogens with zero attached hydrogens (tertiary/aromatic N) is 3. The Balaban J connectivity index is 2.25. The summed E-state index contributed by atoms with van der Waals surface area (Å²) in [5, 5.41) is 0. The van der Waals surface area contributed by atoms with Gasteiger partial charge in [-0.05, 0) is 17.9 Å². The van der Waals surface area contributed by atoms with Gasteiger partial charge in [0.2, 0.25) is 16.0 Å². The van der Waals surface area contributed by atoms with E-state index in [0.29, 0.717) is 6.54 Å². The number of anilines is 1. The molecule has 1 fully saturated rings. The molecule has 1 aliphatic heterocycles. The van der Waals surface area contributed by atoms with Gasteiger partial charge in [-0.1, -0.05) is 13.8 Å². The maximum absolute atomic E-state index is 12.8. The Labute approximate surface area is 133 Å². The molecule has 0 aromatic carbocycles. The highest BCUT2D eigenvalue weighted by Crippen LogP contribution is 2.31. The number of rotatable bonds is 4. The second kappa shape index (κ2) is 6.23. The fourth-order valence-electron chi connectivity index (χ4n) is 2.73. The molecule has 1 aliphatic rings. The zero-order valence-electron chi connectivity index (χ0n) is 13.0. The van der Waals surface area contributed by atoms with Crippen LogP contribution in [0.25, 0.3) is 0 Å². The van der Waals surface area contributed by atoms with Gasteiger partial charge in [-0.15, -0.1) is 0 Å². The van der Waals surface area contributed by atoms with E-state index in [1.807, 2.05) is 13.8 Å². The molecule has 0 saturated carbocycles. The standard InChI is InChI=1S/C13H19F3N4O2S/c1-8(2)9-6-20(7-10(9)19-23(3,21)22)12-17-5-4-11(18-12)13(14,15)16/h4-5,8-10,19H,6-7H2,1-3H3. The predicted molar refractivity (Wildman–Crippen MR) is 79.3 cm³/mol. The number of hydrogen-bond donors (Lipinski definition) is 1. The summed E-state index contributed by atoms with van der Waals surface area (Å²) in [6.07, 6.45) is -2.42. The van der Waals surface area contributed by atoms with Gasteiger partial charge in [0.1, 0.15) is 5.69 Å². The molecule has 1 aromatic heterocycles. The molecule has 0 spiro atoms. The molecule has 6 nitrogen and oxygen atoms in total. The summed E-state index contributed by atoms with van der Waals surface area (Å²) in [5.41, 5.74) is -1.01. The van der Waals surface area contributed by atoms with E-state index in [2.05, 4.69) is 14.7 Å². The van der Waals surface area contributed by atoms with Crippen molar-refractivity contribution >= 4 is 16.0 Å². The maximum Gasteiger partial charge on any atom is 0.433 e. The lowest BCUT2D eigenvalue weighted by molar-refractivity contribution is -0.141. The quantitative estimate of drug-likeness (QED) is 0.889. The number of hydrogen-bond acceptors (Lipinski definition) is 5. The molecule has 1 saturated heterocycles. The van der Waals surface area contributed by atoms with Crippen LogP contribution in [0.1, 0.15) is 19.5 Å². The lowest BCUT2D eigenvalue weighted by Crippen LogP contribution is -2.41. The Kier molecular flexibility index (Phi) is 4.86. The van der Waals surface area contributed by atoms with E-state index < -0.39 is 21.9 Å². The van der Waals surface area contributed by atoms with Crippen LogP contribution in [0.5, 0.6) is 0 Å². The monoisotopic (exact) mass is 352 g/mol. The van der Waals surface area contributed by atoms with Crippen LogP contribution >= 0.6 is 0 Å². The van der Waals surface area contributed by atoms with Crippen LogP contribution in [0.3, 0.4) is 0 Å². The number of halogens is 3. The van der Waals surface area contributed by atoms with E-state index in [1.165, 1.54) is 0 Å². The van der Waals surface area contributed by atoms with Crippen LogP contribution in [-0.2, 0) is 16.2 Å². The fourth-order valence-corrected chi connectivity index (χ4v) is 3.53. The van der Waals surface area contributed by atoms with Crippen molar-refractivity contribution in [1.82, 2.24) is 14.7 Å². The van der Waals surface area contributed by atoms with Gasteiger partial charge in [0.15, 0.2) is 0 Å². The van der Waals surface area contributed by atoms with Crippen molar-refractivity contribution in [3.8, 4) is 0 Å². The smallest absolute Gasteiger partial charge is 0.339 e. The van der Waals surface area contributed by atoms with Crippen LogP contribution < -0.4 is 9.62 Å². The summed E-state index contributed by atoms with van der Waals surface area (Å²) in [6, 6.07) is 0.425. The Morgan fingerprint density at radius 3 is 2.52 bits per heavy atom.